The second kappa shape index (κ2) is 13.9. The number of rotatable bonds is 9. The first-order chi connectivity index (χ1) is 26.2. The van der Waals surface area contributed by atoms with Gasteiger partial charge in [0.25, 0.3) is 0 Å². The highest BCUT2D eigenvalue weighted by molar-refractivity contribution is 5.57. The summed E-state index contributed by atoms with van der Waals surface area (Å²) in [5, 5.41) is 18.8. The van der Waals surface area contributed by atoms with Crippen LogP contribution < -0.4 is 5.32 Å². The Bertz CT molecular complexity index is 1760. The van der Waals surface area contributed by atoms with Crippen molar-refractivity contribution in [2.45, 2.75) is 124 Å². The van der Waals surface area contributed by atoms with Gasteiger partial charge in [0.2, 0.25) is 0 Å². The van der Waals surface area contributed by atoms with E-state index in [1.54, 1.807) is 12.7 Å². The summed E-state index contributed by atoms with van der Waals surface area (Å²) in [4.78, 5) is 26.0. The molecule has 2 N–H and O–H groups in total. The fraction of sp³-hybridized carbons (Fsp3) is 0.791. The maximum absolute atomic E-state index is 12.5. The third kappa shape index (κ3) is 5.76. The molecule has 11 atom stereocenters. The zero-order valence-corrected chi connectivity index (χ0v) is 34.3. The number of nitrogens with one attached hydrogen (secondary N) is 1. The average Bonchev–Trinajstić information content (AvgIpc) is 3.67. The number of fused-ring (bicyclic) bond motifs is 3. The summed E-state index contributed by atoms with van der Waals surface area (Å²) >= 11 is 0. The summed E-state index contributed by atoms with van der Waals surface area (Å²) in [5.41, 5.74) is 0.826. The highest BCUT2D eigenvalue weighted by atomic mass is 16.7. The van der Waals surface area contributed by atoms with Crippen molar-refractivity contribution in [3.05, 3.63) is 36.7 Å². The maximum atomic E-state index is 12.5. The topological polar surface area (TPSA) is 143 Å². The van der Waals surface area contributed by atoms with E-state index in [-0.39, 0.29) is 50.7 Å². The first-order valence-electron chi connectivity index (χ1n) is 20.9. The van der Waals surface area contributed by atoms with Crippen LogP contribution in [0.25, 0.3) is 11.4 Å². The van der Waals surface area contributed by atoms with Crippen LogP contribution in [0.2, 0.25) is 0 Å². The van der Waals surface area contributed by atoms with Gasteiger partial charge in [-0.05, 0) is 87.5 Å². The molecule has 5 fully saturated rings. The Morgan fingerprint density at radius 1 is 1.00 bits per heavy atom. The average molecular weight is 761 g/mol. The van der Waals surface area contributed by atoms with Gasteiger partial charge in [-0.15, -0.1) is 0 Å². The van der Waals surface area contributed by atoms with E-state index < -0.39 is 12.3 Å². The normalized spacial score (nSPS) is 41.3. The second-order valence-electron chi connectivity index (χ2n) is 19.6. The molecule has 2 bridgehead atoms. The molecule has 55 heavy (non-hydrogen) atoms. The molecular weight excluding hydrogens is 697 g/mol. The molecule has 8 rings (SSSR count). The van der Waals surface area contributed by atoms with Gasteiger partial charge in [0, 0.05) is 52.8 Å². The van der Waals surface area contributed by atoms with Crippen molar-refractivity contribution in [1.82, 2.24) is 30.0 Å². The molecule has 2 aliphatic heterocycles. The summed E-state index contributed by atoms with van der Waals surface area (Å²) in [7, 11) is 2.04. The number of aromatic nitrogens is 5. The van der Waals surface area contributed by atoms with Gasteiger partial charge in [-0.3, -0.25) is 0 Å². The van der Waals surface area contributed by atoms with Crippen LogP contribution in [0.1, 0.15) is 106 Å². The Morgan fingerprint density at radius 3 is 2.44 bits per heavy atom. The molecule has 2 aromatic rings. The number of carboxylic acid groups (broad SMARTS) is 1. The predicted octanol–water partition coefficient (Wildman–Crippen LogP) is 7.38. The predicted molar refractivity (Wildman–Crippen MR) is 207 cm³/mol. The lowest BCUT2D eigenvalue weighted by Crippen LogP contribution is -2.70. The molecule has 4 aliphatic carbocycles. The van der Waals surface area contributed by atoms with E-state index in [9.17, 15) is 9.90 Å². The Hall–Kier alpha value is -2.93. The van der Waals surface area contributed by atoms with Crippen molar-refractivity contribution in [3.8, 4) is 11.4 Å². The van der Waals surface area contributed by atoms with Crippen LogP contribution in [-0.2, 0) is 18.9 Å². The lowest BCUT2D eigenvalue weighted by Gasteiger charge is -2.71. The Balaban J connectivity index is 1.23. The smallest absolute Gasteiger partial charge is 0.450 e. The molecular formula is C43H64N6O6. The first kappa shape index (κ1) is 38.9. The van der Waals surface area contributed by atoms with Gasteiger partial charge in [0.05, 0.1) is 37.5 Å². The van der Waals surface area contributed by atoms with Crippen LogP contribution in [0.3, 0.4) is 0 Å². The Labute approximate surface area is 326 Å². The van der Waals surface area contributed by atoms with Gasteiger partial charge >= 0.3 is 6.16 Å². The van der Waals surface area contributed by atoms with E-state index in [1.165, 1.54) is 5.57 Å². The van der Waals surface area contributed by atoms with Crippen LogP contribution in [0, 0.1) is 50.7 Å². The minimum Gasteiger partial charge on any atom is -0.450 e. The molecule has 3 saturated carbocycles. The SMILES string of the molecule is CNC1(CO[C@H]2[C@H](n3ncnc3-c3cncnc3)C[C@@]34COC[C@]2(C)[C@@H]3CC[C@H]2C4=CC[C@]3(C)[C@H](OC(=O)O)[C@@](C)([C@H](C)C(C)C)CC[C@]23C)CCOCC1. The first-order valence-corrected chi connectivity index (χ1v) is 20.9. The number of hydrogen-bond donors (Lipinski definition) is 2. The quantitative estimate of drug-likeness (QED) is 0.195. The molecule has 2 aromatic heterocycles. The van der Waals surface area contributed by atoms with Crippen molar-refractivity contribution in [2.24, 2.45) is 50.7 Å². The van der Waals surface area contributed by atoms with E-state index in [4.69, 9.17) is 29.0 Å². The molecule has 6 aliphatic rings. The minimum atomic E-state index is -1.17. The molecule has 0 radical (unpaired) electrons. The number of hydrogen-bond acceptors (Lipinski definition) is 10. The van der Waals surface area contributed by atoms with E-state index in [2.05, 4.69) is 74.5 Å². The van der Waals surface area contributed by atoms with Crippen molar-refractivity contribution < 1.29 is 28.8 Å². The minimum absolute atomic E-state index is 0.123. The zero-order valence-electron chi connectivity index (χ0n) is 34.3. The van der Waals surface area contributed by atoms with Crippen molar-refractivity contribution >= 4 is 6.16 Å². The lowest BCUT2D eigenvalue weighted by molar-refractivity contribution is -0.257. The molecule has 302 valence electrons. The number of likely N-dealkylation sites (N-methyl/N-ethyl adjacent to an activating group) is 1. The highest BCUT2D eigenvalue weighted by Gasteiger charge is 2.72. The van der Waals surface area contributed by atoms with Gasteiger partial charge < -0.3 is 29.4 Å². The van der Waals surface area contributed by atoms with Crippen molar-refractivity contribution in [2.75, 3.05) is 40.1 Å². The van der Waals surface area contributed by atoms with E-state index in [0.717, 1.165) is 62.8 Å². The largest absolute Gasteiger partial charge is 0.506 e. The fourth-order valence-corrected chi connectivity index (χ4v) is 13.4. The highest BCUT2D eigenvalue weighted by Crippen LogP contribution is 2.74. The van der Waals surface area contributed by atoms with Crippen LogP contribution in [0.5, 0.6) is 0 Å². The molecule has 0 aromatic carbocycles. The molecule has 2 saturated heterocycles. The maximum Gasteiger partial charge on any atom is 0.506 e. The van der Waals surface area contributed by atoms with Crippen LogP contribution in [0.4, 0.5) is 4.79 Å². The van der Waals surface area contributed by atoms with Crippen LogP contribution in [-0.4, -0.2) is 93.8 Å². The van der Waals surface area contributed by atoms with Gasteiger partial charge in [-0.1, -0.05) is 60.1 Å². The third-order valence-corrected chi connectivity index (χ3v) is 17.2. The van der Waals surface area contributed by atoms with Gasteiger partial charge in [0.15, 0.2) is 5.82 Å². The number of carbonyl (C=O) groups is 1. The van der Waals surface area contributed by atoms with Crippen molar-refractivity contribution in [1.29, 1.82) is 0 Å². The van der Waals surface area contributed by atoms with Gasteiger partial charge in [-0.2, -0.15) is 5.10 Å². The van der Waals surface area contributed by atoms with Crippen LogP contribution in [0.15, 0.2) is 36.7 Å². The fourth-order valence-electron chi connectivity index (χ4n) is 13.4. The lowest BCUT2D eigenvalue weighted by atomic mass is 9.35. The summed E-state index contributed by atoms with van der Waals surface area (Å²) < 4.78 is 28.2. The standard InChI is InChI=1S/C43H64N6O6/c1-27(2)28(3)38(4)13-14-40(6)30-9-10-33-39(5)22-53-24-43(33,31(30)11-12-41(40,7)36(38)55-37(50)51)19-32(34(39)54-23-42(44-8)15-17-52-18-16-42)49-35(47-26-48-49)29-20-45-25-46-21-29/h11,20-21,25-28,30,32-34,36,44H,9-10,12-19,22-24H2,1-8H3,(H,50,51)/t28-,30+,32-,33+,34+,36-,38-,39-,40-,41-,43+/m1/s1. The Morgan fingerprint density at radius 2 is 1.75 bits per heavy atom. The number of allylic oxidation sites excluding steroid dienone is 1. The van der Waals surface area contributed by atoms with E-state index in [0.29, 0.717) is 50.8 Å². The number of nitrogens with zero attached hydrogens (tertiary/aromatic N) is 5. The summed E-state index contributed by atoms with van der Waals surface area (Å²) in [6.45, 7) is 19.6. The summed E-state index contributed by atoms with van der Waals surface area (Å²) in [6.07, 6.45) is 15.0. The molecule has 12 heteroatoms. The zero-order chi connectivity index (χ0) is 39.0. The molecule has 0 spiro atoms. The molecule has 0 unspecified atom stereocenters. The Kier molecular flexibility index (Phi) is 9.82. The number of ether oxygens (including phenoxy) is 4. The molecule has 4 heterocycles. The van der Waals surface area contributed by atoms with E-state index >= 15 is 0 Å². The second-order valence-corrected chi connectivity index (χ2v) is 19.6. The molecule has 12 nitrogen and oxygen atoms in total. The van der Waals surface area contributed by atoms with Crippen molar-refractivity contribution in [3.63, 3.8) is 0 Å². The summed E-state index contributed by atoms with van der Waals surface area (Å²) in [5.74, 6) is 2.08. The van der Waals surface area contributed by atoms with Gasteiger partial charge in [0.1, 0.15) is 18.8 Å². The van der Waals surface area contributed by atoms with Crippen LogP contribution >= 0.6 is 0 Å². The third-order valence-electron chi connectivity index (χ3n) is 17.2. The summed E-state index contributed by atoms with van der Waals surface area (Å²) in [6, 6.07) is -0.123. The van der Waals surface area contributed by atoms with E-state index in [1.807, 2.05) is 19.4 Å². The molecule has 0 amide bonds. The van der Waals surface area contributed by atoms with Gasteiger partial charge in [-0.25, -0.2) is 24.4 Å². The monoisotopic (exact) mass is 760 g/mol.